The van der Waals surface area contributed by atoms with Gasteiger partial charge in [-0.1, -0.05) is 12.1 Å². The van der Waals surface area contributed by atoms with Crippen molar-refractivity contribution in [2.24, 2.45) is 0 Å². The van der Waals surface area contributed by atoms with E-state index < -0.39 is 5.97 Å². The number of aryl methyl sites for hydroxylation is 2. The molecular weight excluding hydrogens is 254 g/mol. The van der Waals surface area contributed by atoms with E-state index in [0.717, 1.165) is 36.2 Å². The zero-order chi connectivity index (χ0) is 14.3. The summed E-state index contributed by atoms with van der Waals surface area (Å²) in [6, 6.07) is 5.65. The first kappa shape index (κ1) is 12.9. The quantitative estimate of drug-likeness (QED) is 0.788. The summed E-state index contributed by atoms with van der Waals surface area (Å²) in [7, 11) is 0. The van der Waals surface area contributed by atoms with Crippen LogP contribution < -0.4 is 5.43 Å². The van der Waals surface area contributed by atoms with Gasteiger partial charge in [0.1, 0.15) is 5.56 Å². The molecule has 0 N–H and O–H groups in total. The highest BCUT2D eigenvalue weighted by atomic mass is 16.5. The van der Waals surface area contributed by atoms with Crippen molar-refractivity contribution in [1.29, 1.82) is 0 Å². The number of pyridine rings is 1. The number of aromatic nitrogens is 1. The van der Waals surface area contributed by atoms with Crippen LogP contribution in [0.3, 0.4) is 0 Å². The van der Waals surface area contributed by atoms with Gasteiger partial charge < -0.3 is 9.30 Å². The van der Waals surface area contributed by atoms with Gasteiger partial charge in [0, 0.05) is 17.6 Å². The van der Waals surface area contributed by atoms with Crippen LogP contribution in [-0.2, 0) is 17.7 Å². The summed E-state index contributed by atoms with van der Waals surface area (Å²) in [5.74, 6) is -0.494. The Morgan fingerprint density at radius 2 is 2.20 bits per heavy atom. The molecule has 1 aromatic carbocycles. The number of esters is 1. The number of nitrogens with zero attached hydrogens (tertiary/aromatic N) is 1. The number of ether oxygens (including phenoxy) is 1. The standard InChI is InChI=1S/C16H17NO3/c1-3-20-16(19)13-12-8-5-9-17(12)14-10(2)6-4-7-11(14)15(13)18/h4,6-7H,3,5,8-9H2,1-2H3. The van der Waals surface area contributed by atoms with Gasteiger partial charge in [-0.25, -0.2) is 4.79 Å². The fourth-order valence-corrected chi connectivity index (χ4v) is 3.06. The Hall–Kier alpha value is -2.10. The van der Waals surface area contributed by atoms with Crippen LogP contribution in [0.4, 0.5) is 0 Å². The van der Waals surface area contributed by atoms with Crippen LogP contribution >= 0.6 is 0 Å². The topological polar surface area (TPSA) is 48.3 Å². The monoisotopic (exact) mass is 271 g/mol. The largest absolute Gasteiger partial charge is 0.462 e. The Labute approximate surface area is 117 Å². The summed E-state index contributed by atoms with van der Waals surface area (Å²) in [6.07, 6.45) is 1.72. The van der Waals surface area contributed by atoms with Gasteiger partial charge in [-0.3, -0.25) is 4.79 Å². The maximum absolute atomic E-state index is 12.6. The van der Waals surface area contributed by atoms with E-state index >= 15 is 0 Å². The summed E-state index contributed by atoms with van der Waals surface area (Å²) < 4.78 is 7.17. The molecule has 0 radical (unpaired) electrons. The molecule has 0 saturated heterocycles. The maximum atomic E-state index is 12.6. The van der Waals surface area contributed by atoms with Crippen LogP contribution in [0.2, 0.25) is 0 Å². The lowest BCUT2D eigenvalue weighted by atomic mass is 10.0. The Balaban J connectivity index is 2.41. The molecule has 0 aliphatic carbocycles. The van der Waals surface area contributed by atoms with Crippen LogP contribution in [0.5, 0.6) is 0 Å². The third kappa shape index (κ3) is 1.75. The summed E-state index contributed by atoms with van der Waals surface area (Å²) in [6.45, 7) is 4.88. The molecule has 1 aliphatic heterocycles. The molecule has 0 atom stereocenters. The lowest BCUT2D eigenvalue weighted by Crippen LogP contribution is -2.23. The number of rotatable bonds is 2. The Morgan fingerprint density at radius 3 is 2.95 bits per heavy atom. The fraction of sp³-hybridized carbons (Fsp3) is 0.375. The first-order valence-electron chi connectivity index (χ1n) is 6.97. The van der Waals surface area contributed by atoms with Gasteiger partial charge in [0.2, 0.25) is 5.43 Å². The minimum Gasteiger partial charge on any atom is -0.462 e. The van der Waals surface area contributed by atoms with Crippen molar-refractivity contribution < 1.29 is 9.53 Å². The minimum atomic E-state index is -0.494. The van der Waals surface area contributed by atoms with Gasteiger partial charge in [-0.15, -0.1) is 0 Å². The van der Waals surface area contributed by atoms with E-state index in [0.29, 0.717) is 5.39 Å². The van der Waals surface area contributed by atoms with Crippen molar-refractivity contribution in [2.45, 2.75) is 33.2 Å². The normalized spacial score (nSPS) is 13.5. The fourth-order valence-electron chi connectivity index (χ4n) is 3.06. The highest BCUT2D eigenvalue weighted by molar-refractivity contribution is 5.96. The van der Waals surface area contributed by atoms with Crippen LogP contribution in [0.1, 0.15) is 35.0 Å². The lowest BCUT2D eigenvalue weighted by molar-refractivity contribution is 0.0523. The predicted octanol–water partition coefficient (Wildman–Crippen LogP) is 2.43. The Bertz CT molecular complexity index is 758. The van der Waals surface area contributed by atoms with E-state index in [4.69, 9.17) is 4.74 Å². The van der Waals surface area contributed by atoms with E-state index in [-0.39, 0.29) is 17.6 Å². The summed E-state index contributed by atoms with van der Waals surface area (Å²) in [4.78, 5) is 24.8. The van der Waals surface area contributed by atoms with Crippen molar-refractivity contribution in [3.8, 4) is 0 Å². The van der Waals surface area contributed by atoms with Gasteiger partial charge in [0.05, 0.1) is 12.1 Å². The number of benzene rings is 1. The van der Waals surface area contributed by atoms with Crippen molar-refractivity contribution in [3.05, 3.63) is 45.2 Å². The van der Waals surface area contributed by atoms with Crippen LogP contribution in [0, 0.1) is 6.92 Å². The molecule has 0 spiro atoms. The second kappa shape index (κ2) is 4.78. The molecule has 0 saturated carbocycles. The van der Waals surface area contributed by atoms with E-state index in [1.54, 1.807) is 13.0 Å². The molecule has 0 bridgehead atoms. The zero-order valence-corrected chi connectivity index (χ0v) is 11.7. The smallest absolute Gasteiger partial charge is 0.343 e. The summed E-state index contributed by atoms with van der Waals surface area (Å²) >= 11 is 0. The molecule has 0 unspecified atom stereocenters. The Morgan fingerprint density at radius 1 is 1.40 bits per heavy atom. The van der Waals surface area contributed by atoms with E-state index in [2.05, 4.69) is 4.57 Å². The number of carbonyl (C=O) groups is 1. The van der Waals surface area contributed by atoms with Gasteiger partial charge in [-0.2, -0.15) is 0 Å². The number of para-hydroxylation sites is 1. The molecule has 2 heterocycles. The van der Waals surface area contributed by atoms with Crippen molar-refractivity contribution in [3.63, 3.8) is 0 Å². The Kier molecular flexibility index (Phi) is 3.08. The molecular formula is C16H17NO3. The van der Waals surface area contributed by atoms with Crippen LogP contribution in [-0.4, -0.2) is 17.1 Å². The molecule has 0 amide bonds. The maximum Gasteiger partial charge on any atom is 0.343 e. The predicted molar refractivity (Wildman–Crippen MR) is 77.2 cm³/mol. The van der Waals surface area contributed by atoms with Crippen molar-refractivity contribution in [2.75, 3.05) is 6.61 Å². The third-order valence-corrected chi connectivity index (χ3v) is 3.87. The average molecular weight is 271 g/mol. The molecule has 4 heteroatoms. The zero-order valence-electron chi connectivity index (χ0n) is 11.7. The molecule has 104 valence electrons. The van der Waals surface area contributed by atoms with E-state index in [1.165, 1.54) is 0 Å². The average Bonchev–Trinajstić information content (AvgIpc) is 2.88. The number of fused-ring (bicyclic) bond motifs is 3. The lowest BCUT2D eigenvalue weighted by Gasteiger charge is -2.14. The van der Waals surface area contributed by atoms with Gasteiger partial charge >= 0.3 is 5.97 Å². The van der Waals surface area contributed by atoms with Gasteiger partial charge in [-0.05, 0) is 38.3 Å². The van der Waals surface area contributed by atoms with Gasteiger partial charge in [0.25, 0.3) is 0 Å². The summed E-state index contributed by atoms with van der Waals surface area (Å²) in [5, 5.41) is 0.610. The van der Waals surface area contributed by atoms with Crippen molar-refractivity contribution in [1.82, 2.24) is 4.57 Å². The highest BCUT2D eigenvalue weighted by Gasteiger charge is 2.26. The SMILES string of the molecule is CCOC(=O)c1c2n(c3c(C)cccc3c1=O)CCC2. The van der Waals surface area contributed by atoms with Crippen LogP contribution in [0.15, 0.2) is 23.0 Å². The second-order valence-electron chi connectivity index (χ2n) is 5.10. The molecule has 1 aliphatic rings. The first-order chi connectivity index (χ1) is 9.65. The third-order valence-electron chi connectivity index (χ3n) is 3.87. The highest BCUT2D eigenvalue weighted by Crippen LogP contribution is 2.26. The minimum absolute atomic E-state index is 0.199. The second-order valence-corrected chi connectivity index (χ2v) is 5.10. The molecule has 0 fully saturated rings. The molecule has 2 aromatic rings. The number of hydrogen-bond donors (Lipinski definition) is 0. The first-order valence-corrected chi connectivity index (χ1v) is 6.97. The molecule has 20 heavy (non-hydrogen) atoms. The summed E-state index contributed by atoms with van der Waals surface area (Å²) in [5.41, 5.74) is 2.88. The van der Waals surface area contributed by atoms with Crippen LogP contribution in [0.25, 0.3) is 10.9 Å². The van der Waals surface area contributed by atoms with E-state index in [9.17, 15) is 9.59 Å². The number of carbonyl (C=O) groups excluding carboxylic acids is 1. The van der Waals surface area contributed by atoms with Crippen molar-refractivity contribution >= 4 is 16.9 Å². The van der Waals surface area contributed by atoms with Gasteiger partial charge in [0.15, 0.2) is 0 Å². The number of hydrogen-bond acceptors (Lipinski definition) is 3. The molecule has 1 aromatic heterocycles. The molecule has 3 rings (SSSR count). The van der Waals surface area contributed by atoms with E-state index in [1.807, 2.05) is 19.1 Å². The molecule has 4 nitrogen and oxygen atoms in total.